The van der Waals surface area contributed by atoms with Gasteiger partial charge in [0, 0.05) is 12.4 Å². The van der Waals surface area contributed by atoms with Crippen molar-refractivity contribution in [3.63, 3.8) is 0 Å². The number of hydrogen-bond donors (Lipinski definition) is 0. The van der Waals surface area contributed by atoms with Crippen LogP contribution >= 0.6 is 11.3 Å². The molecule has 0 N–H and O–H groups in total. The van der Waals surface area contributed by atoms with Gasteiger partial charge in [-0.2, -0.15) is 0 Å². The summed E-state index contributed by atoms with van der Waals surface area (Å²) >= 11 is 1.56. The molecule has 2 heterocycles. The van der Waals surface area contributed by atoms with Crippen molar-refractivity contribution in [1.29, 1.82) is 0 Å². The Balaban J connectivity index is 2.14. The van der Waals surface area contributed by atoms with Crippen molar-refractivity contribution in [1.82, 2.24) is 14.5 Å². The standard InChI is InChI=1S/C10H11N3OS/c1-7-12-8(5-15-7)3-10(14)9-4-11-6-13(9)2/h4-6H,3H2,1-2H3. The number of aryl methyl sites for hydroxylation is 2. The number of aromatic nitrogens is 3. The van der Waals surface area contributed by atoms with Crippen LogP contribution in [0.4, 0.5) is 0 Å². The van der Waals surface area contributed by atoms with Crippen LogP contribution in [0.3, 0.4) is 0 Å². The number of carbonyl (C=O) groups is 1. The summed E-state index contributed by atoms with van der Waals surface area (Å²) in [6.07, 6.45) is 3.56. The summed E-state index contributed by atoms with van der Waals surface area (Å²) in [7, 11) is 1.81. The summed E-state index contributed by atoms with van der Waals surface area (Å²) in [6.45, 7) is 1.93. The van der Waals surface area contributed by atoms with E-state index < -0.39 is 0 Å². The first-order valence-corrected chi connectivity index (χ1v) is 5.45. The van der Waals surface area contributed by atoms with Gasteiger partial charge in [0.25, 0.3) is 0 Å². The fourth-order valence-corrected chi connectivity index (χ4v) is 1.98. The van der Waals surface area contributed by atoms with Gasteiger partial charge >= 0.3 is 0 Å². The van der Waals surface area contributed by atoms with E-state index in [2.05, 4.69) is 9.97 Å². The van der Waals surface area contributed by atoms with Crippen molar-refractivity contribution in [2.24, 2.45) is 7.05 Å². The first-order valence-electron chi connectivity index (χ1n) is 4.57. The molecule has 0 saturated carbocycles. The third-order valence-electron chi connectivity index (χ3n) is 2.11. The molecule has 0 fully saturated rings. The lowest BCUT2D eigenvalue weighted by molar-refractivity contribution is 0.0984. The average Bonchev–Trinajstić information content (AvgIpc) is 2.75. The first kappa shape index (κ1) is 10.0. The van der Waals surface area contributed by atoms with Crippen LogP contribution in [0, 0.1) is 6.92 Å². The van der Waals surface area contributed by atoms with Crippen LogP contribution in [-0.4, -0.2) is 20.3 Å². The number of ketones is 1. The van der Waals surface area contributed by atoms with Crippen LogP contribution < -0.4 is 0 Å². The van der Waals surface area contributed by atoms with E-state index in [4.69, 9.17) is 0 Å². The Bertz CT molecular complexity index is 486. The third-order valence-corrected chi connectivity index (χ3v) is 2.93. The van der Waals surface area contributed by atoms with Gasteiger partial charge in [0.15, 0.2) is 5.78 Å². The van der Waals surface area contributed by atoms with Crippen LogP contribution in [0.5, 0.6) is 0 Å². The van der Waals surface area contributed by atoms with Crippen LogP contribution in [0.25, 0.3) is 0 Å². The summed E-state index contributed by atoms with van der Waals surface area (Å²) in [5, 5.41) is 2.91. The summed E-state index contributed by atoms with van der Waals surface area (Å²) < 4.78 is 1.72. The largest absolute Gasteiger partial charge is 0.331 e. The molecule has 78 valence electrons. The van der Waals surface area contributed by atoms with E-state index >= 15 is 0 Å². The average molecular weight is 221 g/mol. The predicted octanol–water partition coefficient (Wildman–Crippen LogP) is 1.61. The lowest BCUT2D eigenvalue weighted by Gasteiger charge is -1.98. The lowest BCUT2D eigenvalue weighted by atomic mass is 10.2. The topological polar surface area (TPSA) is 47.8 Å². The highest BCUT2D eigenvalue weighted by Gasteiger charge is 2.12. The van der Waals surface area contributed by atoms with Gasteiger partial charge in [0.2, 0.25) is 0 Å². The highest BCUT2D eigenvalue weighted by molar-refractivity contribution is 7.09. The molecule has 0 atom stereocenters. The van der Waals surface area contributed by atoms with Crippen molar-refractivity contribution in [3.05, 3.63) is 34.3 Å². The second-order valence-corrected chi connectivity index (χ2v) is 4.41. The van der Waals surface area contributed by atoms with Gasteiger partial charge in [-0.25, -0.2) is 9.97 Å². The second-order valence-electron chi connectivity index (χ2n) is 3.35. The van der Waals surface area contributed by atoms with Gasteiger partial charge in [-0.1, -0.05) is 0 Å². The number of rotatable bonds is 3. The summed E-state index contributed by atoms with van der Waals surface area (Å²) in [5.41, 5.74) is 1.46. The molecule has 2 rings (SSSR count). The Kier molecular flexibility index (Phi) is 2.64. The van der Waals surface area contributed by atoms with Gasteiger partial charge < -0.3 is 4.57 Å². The Labute approximate surface area is 91.6 Å². The molecular formula is C10H11N3OS. The van der Waals surface area contributed by atoms with Gasteiger partial charge in [-0.05, 0) is 6.92 Å². The Hall–Kier alpha value is -1.49. The summed E-state index contributed by atoms with van der Waals surface area (Å²) in [4.78, 5) is 20.0. The van der Waals surface area contributed by atoms with E-state index in [9.17, 15) is 4.79 Å². The van der Waals surface area contributed by atoms with E-state index in [1.54, 1.807) is 28.4 Å². The fraction of sp³-hybridized carbons (Fsp3) is 0.300. The molecule has 0 amide bonds. The number of thiazole rings is 1. The molecule has 0 aromatic carbocycles. The molecule has 15 heavy (non-hydrogen) atoms. The molecule has 0 radical (unpaired) electrons. The van der Waals surface area contributed by atoms with Crippen molar-refractivity contribution in [3.8, 4) is 0 Å². The fourth-order valence-electron chi connectivity index (χ4n) is 1.37. The molecule has 0 bridgehead atoms. The molecule has 0 aliphatic heterocycles. The van der Waals surface area contributed by atoms with Gasteiger partial charge in [-0.3, -0.25) is 4.79 Å². The normalized spacial score (nSPS) is 10.5. The molecule has 4 nitrogen and oxygen atoms in total. The predicted molar refractivity (Wildman–Crippen MR) is 58.1 cm³/mol. The highest BCUT2D eigenvalue weighted by atomic mass is 32.1. The van der Waals surface area contributed by atoms with Crippen LogP contribution in [0.2, 0.25) is 0 Å². The van der Waals surface area contributed by atoms with Gasteiger partial charge in [-0.15, -0.1) is 11.3 Å². The molecular weight excluding hydrogens is 210 g/mol. The Morgan fingerprint density at radius 2 is 2.40 bits per heavy atom. The number of hydrogen-bond acceptors (Lipinski definition) is 4. The monoisotopic (exact) mass is 221 g/mol. The molecule has 0 saturated heterocycles. The number of Topliss-reactive ketones (excluding diaryl/α,β-unsaturated/α-hetero) is 1. The molecule has 0 unspecified atom stereocenters. The van der Waals surface area contributed by atoms with Crippen molar-refractivity contribution in [2.45, 2.75) is 13.3 Å². The zero-order chi connectivity index (χ0) is 10.8. The first-order chi connectivity index (χ1) is 7.16. The summed E-state index contributed by atoms with van der Waals surface area (Å²) in [6, 6.07) is 0. The van der Waals surface area contributed by atoms with E-state index in [-0.39, 0.29) is 5.78 Å². The Morgan fingerprint density at radius 1 is 1.60 bits per heavy atom. The van der Waals surface area contributed by atoms with Crippen LogP contribution in [-0.2, 0) is 13.5 Å². The minimum atomic E-state index is 0.0558. The van der Waals surface area contributed by atoms with E-state index in [0.717, 1.165) is 10.7 Å². The van der Waals surface area contributed by atoms with E-state index in [1.165, 1.54) is 0 Å². The smallest absolute Gasteiger partial charge is 0.186 e. The molecule has 2 aromatic rings. The summed E-state index contributed by atoms with van der Waals surface area (Å²) in [5.74, 6) is 0.0558. The SMILES string of the molecule is Cc1nc(CC(=O)c2cncn2C)cs1. The quantitative estimate of drug-likeness (QED) is 0.740. The third kappa shape index (κ3) is 2.12. The maximum atomic E-state index is 11.8. The highest BCUT2D eigenvalue weighted by Crippen LogP contribution is 2.10. The maximum Gasteiger partial charge on any atom is 0.186 e. The molecule has 2 aromatic heterocycles. The number of nitrogens with zero attached hydrogens (tertiary/aromatic N) is 3. The molecule has 5 heteroatoms. The zero-order valence-electron chi connectivity index (χ0n) is 8.60. The Morgan fingerprint density at radius 3 is 2.93 bits per heavy atom. The minimum Gasteiger partial charge on any atom is -0.331 e. The lowest BCUT2D eigenvalue weighted by Crippen LogP contribution is -2.08. The van der Waals surface area contributed by atoms with Crippen molar-refractivity contribution < 1.29 is 4.79 Å². The van der Waals surface area contributed by atoms with Crippen molar-refractivity contribution in [2.75, 3.05) is 0 Å². The van der Waals surface area contributed by atoms with Crippen molar-refractivity contribution >= 4 is 17.1 Å². The zero-order valence-corrected chi connectivity index (χ0v) is 9.41. The number of imidazole rings is 1. The van der Waals surface area contributed by atoms with E-state index in [1.807, 2.05) is 19.4 Å². The van der Waals surface area contributed by atoms with Gasteiger partial charge in [0.1, 0.15) is 5.69 Å². The van der Waals surface area contributed by atoms with Crippen LogP contribution in [0.1, 0.15) is 21.2 Å². The molecule has 0 aliphatic rings. The van der Waals surface area contributed by atoms with Crippen LogP contribution in [0.15, 0.2) is 17.9 Å². The van der Waals surface area contributed by atoms with E-state index in [0.29, 0.717) is 12.1 Å². The second kappa shape index (κ2) is 3.94. The molecule has 0 spiro atoms. The maximum absolute atomic E-state index is 11.8. The number of carbonyl (C=O) groups excluding carboxylic acids is 1. The molecule has 0 aliphatic carbocycles. The minimum absolute atomic E-state index is 0.0558. The van der Waals surface area contributed by atoms with Gasteiger partial charge in [0.05, 0.1) is 29.6 Å².